The molecule has 78 valence electrons. The molecule has 3 N–H and O–H groups in total. The Bertz CT molecular complexity index is 226. The normalized spacial score (nSPS) is 10.4. The average molecular weight is 210 g/mol. The standard InChI is InChI=1S/C11H18N2S/c12-6-8-14-9-7-13-10-11-4-2-1-3-5-11/h1-5,13H,6-10,12H2. The molecule has 0 aliphatic carbocycles. The maximum atomic E-state index is 5.39. The summed E-state index contributed by atoms with van der Waals surface area (Å²) in [5.41, 5.74) is 6.74. The molecule has 0 fully saturated rings. The highest BCUT2D eigenvalue weighted by atomic mass is 32.2. The van der Waals surface area contributed by atoms with E-state index in [1.54, 1.807) is 0 Å². The summed E-state index contributed by atoms with van der Waals surface area (Å²) in [4.78, 5) is 0. The monoisotopic (exact) mass is 210 g/mol. The highest BCUT2D eigenvalue weighted by molar-refractivity contribution is 7.99. The van der Waals surface area contributed by atoms with Crippen molar-refractivity contribution in [3.8, 4) is 0 Å². The Balaban J connectivity index is 1.99. The third-order valence-electron chi connectivity index (χ3n) is 1.86. The Morgan fingerprint density at radius 3 is 2.64 bits per heavy atom. The van der Waals surface area contributed by atoms with Crippen LogP contribution in [0, 0.1) is 0 Å². The number of nitrogens with one attached hydrogen (secondary N) is 1. The maximum absolute atomic E-state index is 5.39. The predicted octanol–water partition coefficient (Wildman–Crippen LogP) is 1.47. The van der Waals surface area contributed by atoms with Gasteiger partial charge in [-0.3, -0.25) is 0 Å². The van der Waals surface area contributed by atoms with E-state index < -0.39 is 0 Å². The van der Waals surface area contributed by atoms with E-state index in [0.29, 0.717) is 0 Å². The molecule has 0 aliphatic rings. The van der Waals surface area contributed by atoms with Gasteiger partial charge in [-0.1, -0.05) is 30.3 Å². The molecule has 0 saturated carbocycles. The molecule has 0 unspecified atom stereocenters. The Labute approximate surface area is 90.3 Å². The lowest BCUT2D eigenvalue weighted by atomic mass is 10.2. The van der Waals surface area contributed by atoms with E-state index in [1.807, 2.05) is 17.8 Å². The van der Waals surface area contributed by atoms with Gasteiger partial charge in [-0.25, -0.2) is 0 Å². The van der Waals surface area contributed by atoms with E-state index >= 15 is 0 Å². The van der Waals surface area contributed by atoms with Gasteiger partial charge < -0.3 is 11.1 Å². The molecule has 2 nitrogen and oxygen atoms in total. The van der Waals surface area contributed by atoms with Crippen LogP contribution in [0.4, 0.5) is 0 Å². The summed E-state index contributed by atoms with van der Waals surface area (Å²) < 4.78 is 0. The summed E-state index contributed by atoms with van der Waals surface area (Å²) in [5.74, 6) is 2.21. The van der Waals surface area contributed by atoms with Crippen LogP contribution in [0.1, 0.15) is 5.56 Å². The number of thioether (sulfide) groups is 1. The Morgan fingerprint density at radius 1 is 1.14 bits per heavy atom. The molecule has 0 atom stereocenters. The minimum absolute atomic E-state index is 0.781. The van der Waals surface area contributed by atoms with Gasteiger partial charge in [0.05, 0.1) is 0 Å². The van der Waals surface area contributed by atoms with Gasteiger partial charge in [0.25, 0.3) is 0 Å². The summed E-state index contributed by atoms with van der Waals surface area (Å²) >= 11 is 1.90. The molecule has 0 radical (unpaired) electrons. The molecule has 1 aromatic carbocycles. The lowest BCUT2D eigenvalue weighted by Crippen LogP contribution is -2.17. The number of hydrogen-bond acceptors (Lipinski definition) is 3. The van der Waals surface area contributed by atoms with E-state index in [0.717, 1.165) is 31.1 Å². The quantitative estimate of drug-likeness (QED) is 0.669. The third kappa shape index (κ3) is 5.27. The van der Waals surface area contributed by atoms with Crippen LogP contribution < -0.4 is 11.1 Å². The average Bonchev–Trinajstić information content (AvgIpc) is 2.25. The first-order valence-electron chi connectivity index (χ1n) is 4.96. The van der Waals surface area contributed by atoms with Crippen LogP contribution in [0.2, 0.25) is 0 Å². The first kappa shape index (κ1) is 11.6. The third-order valence-corrected chi connectivity index (χ3v) is 2.87. The van der Waals surface area contributed by atoms with E-state index in [4.69, 9.17) is 5.73 Å². The van der Waals surface area contributed by atoms with Gasteiger partial charge in [-0.15, -0.1) is 0 Å². The Hall–Kier alpha value is -0.510. The van der Waals surface area contributed by atoms with Crippen LogP contribution in [0.5, 0.6) is 0 Å². The number of benzene rings is 1. The molecule has 0 heterocycles. The van der Waals surface area contributed by atoms with Crippen LogP contribution >= 0.6 is 11.8 Å². The first-order chi connectivity index (χ1) is 6.93. The van der Waals surface area contributed by atoms with E-state index in [1.165, 1.54) is 5.56 Å². The molecule has 0 aliphatic heterocycles. The Kier molecular flexibility index (Phi) is 6.49. The molecule has 3 heteroatoms. The maximum Gasteiger partial charge on any atom is 0.0205 e. The molecule has 1 aromatic rings. The van der Waals surface area contributed by atoms with Crippen molar-refractivity contribution in [3.63, 3.8) is 0 Å². The lowest BCUT2D eigenvalue weighted by molar-refractivity contribution is 0.732. The molecule has 0 bridgehead atoms. The molecule has 0 amide bonds. The van der Waals surface area contributed by atoms with Crippen molar-refractivity contribution >= 4 is 11.8 Å². The van der Waals surface area contributed by atoms with Gasteiger partial charge in [0.2, 0.25) is 0 Å². The van der Waals surface area contributed by atoms with Crippen molar-refractivity contribution < 1.29 is 0 Å². The van der Waals surface area contributed by atoms with Crippen molar-refractivity contribution in [2.75, 3.05) is 24.6 Å². The van der Waals surface area contributed by atoms with E-state index in [2.05, 4.69) is 29.6 Å². The zero-order valence-electron chi connectivity index (χ0n) is 8.41. The fourth-order valence-electron chi connectivity index (χ4n) is 1.16. The van der Waals surface area contributed by atoms with Crippen molar-refractivity contribution in [2.24, 2.45) is 5.73 Å². The summed E-state index contributed by atoms with van der Waals surface area (Å²) in [5, 5.41) is 3.40. The second-order valence-corrected chi connectivity index (χ2v) is 4.29. The molecular formula is C11H18N2S. The second-order valence-electron chi connectivity index (χ2n) is 3.06. The smallest absolute Gasteiger partial charge is 0.0205 e. The zero-order chi connectivity index (χ0) is 10.1. The SMILES string of the molecule is NCCSCCNCc1ccccc1. The summed E-state index contributed by atoms with van der Waals surface area (Å²) in [6, 6.07) is 10.5. The summed E-state index contributed by atoms with van der Waals surface area (Å²) in [6.45, 7) is 2.80. The van der Waals surface area contributed by atoms with Gasteiger partial charge in [0.1, 0.15) is 0 Å². The van der Waals surface area contributed by atoms with Crippen molar-refractivity contribution in [1.29, 1.82) is 0 Å². The lowest BCUT2D eigenvalue weighted by Gasteiger charge is -2.03. The number of nitrogens with two attached hydrogens (primary N) is 1. The summed E-state index contributed by atoms with van der Waals surface area (Å²) in [7, 11) is 0. The molecule has 1 rings (SSSR count). The first-order valence-corrected chi connectivity index (χ1v) is 6.11. The van der Waals surface area contributed by atoms with Crippen LogP contribution in [0.25, 0.3) is 0 Å². The Morgan fingerprint density at radius 2 is 1.93 bits per heavy atom. The van der Waals surface area contributed by atoms with E-state index in [9.17, 15) is 0 Å². The van der Waals surface area contributed by atoms with Gasteiger partial charge in [0.15, 0.2) is 0 Å². The predicted molar refractivity (Wildman–Crippen MR) is 64.5 cm³/mol. The topological polar surface area (TPSA) is 38.0 Å². The number of rotatable bonds is 7. The van der Waals surface area contributed by atoms with Crippen LogP contribution in [-0.4, -0.2) is 24.6 Å². The van der Waals surface area contributed by atoms with E-state index in [-0.39, 0.29) is 0 Å². The van der Waals surface area contributed by atoms with Crippen LogP contribution in [0.15, 0.2) is 30.3 Å². The van der Waals surface area contributed by atoms with Crippen LogP contribution in [0.3, 0.4) is 0 Å². The largest absolute Gasteiger partial charge is 0.330 e. The van der Waals surface area contributed by atoms with Gasteiger partial charge in [-0.2, -0.15) is 11.8 Å². The molecule has 0 saturated heterocycles. The van der Waals surface area contributed by atoms with Crippen molar-refractivity contribution in [1.82, 2.24) is 5.32 Å². The highest BCUT2D eigenvalue weighted by Crippen LogP contribution is 1.98. The molecule has 0 aromatic heterocycles. The molecule has 0 spiro atoms. The second kappa shape index (κ2) is 7.85. The highest BCUT2D eigenvalue weighted by Gasteiger charge is 1.90. The van der Waals surface area contributed by atoms with Crippen LogP contribution in [-0.2, 0) is 6.54 Å². The molecule has 14 heavy (non-hydrogen) atoms. The summed E-state index contributed by atoms with van der Waals surface area (Å²) in [6.07, 6.45) is 0. The minimum Gasteiger partial charge on any atom is -0.330 e. The van der Waals surface area contributed by atoms with Crippen molar-refractivity contribution in [3.05, 3.63) is 35.9 Å². The zero-order valence-corrected chi connectivity index (χ0v) is 9.22. The van der Waals surface area contributed by atoms with Gasteiger partial charge in [-0.05, 0) is 5.56 Å². The fraction of sp³-hybridized carbons (Fsp3) is 0.455. The van der Waals surface area contributed by atoms with Crippen molar-refractivity contribution in [2.45, 2.75) is 6.54 Å². The molecular weight excluding hydrogens is 192 g/mol. The fourth-order valence-corrected chi connectivity index (χ4v) is 1.82. The number of hydrogen-bond donors (Lipinski definition) is 2. The van der Waals surface area contributed by atoms with Gasteiger partial charge in [0, 0.05) is 31.1 Å². The van der Waals surface area contributed by atoms with Gasteiger partial charge >= 0.3 is 0 Å². The minimum atomic E-state index is 0.781.